The van der Waals surface area contributed by atoms with Crippen LogP contribution in [-0.4, -0.2) is 12.5 Å². The van der Waals surface area contributed by atoms with E-state index >= 15 is 0 Å². The van der Waals surface area contributed by atoms with Gasteiger partial charge in [-0.2, -0.15) is 0 Å². The topological polar surface area (TPSA) is 55.1 Å². The molecule has 21 heavy (non-hydrogen) atoms. The number of hydrogen-bond donors (Lipinski definition) is 2. The molecule has 0 aliphatic rings. The summed E-state index contributed by atoms with van der Waals surface area (Å²) < 4.78 is 0. The number of amides is 1. The second-order valence-corrected chi connectivity index (χ2v) is 5.46. The first-order valence-corrected chi connectivity index (χ1v) is 7.75. The molecule has 0 aliphatic carbocycles. The molecule has 0 saturated carbocycles. The molecule has 0 bridgehead atoms. The lowest BCUT2D eigenvalue weighted by Gasteiger charge is -2.07. The second kappa shape index (κ2) is 7.63. The molecule has 0 saturated heterocycles. The molecule has 1 amide bonds. The van der Waals surface area contributed by atoms with Gasteiger partial charge < -0.3 is 11.1 Å². The maximum atomic E-state index is 12.3. The number of nitrogens with one attached hydrogen (secondary N) is 1. The standard InChI is InChI=1S/C17H18N2OS/c1-2-13-9-11-21-16(13)12-19-17(20)15-8-4-3-6-14(15)7-5-10-18/h3-4,6,8-9,11H,2,10,12,18H2,1H3,(H,19,20). The molecule has 3 nitrogen and oxygen atoms in total. The van der Waals surface area contributed by atoms with E-state index in [1.54, 1.807) is 17.4 Å². The van der Waals surface area contributed by atoms with E-state index in [9.17, 15) is 4.79 Å². The van der Waals surface area contributed by atoms with Crippen LogP contribution in [0.1, 0.15) is 33.3 Å². The molecule has 0 spiro atoms. The molecule has 0 radical (unpaired) electrons. The summed E-state index contributed by atoms with van der Waals surface area (Å²) in [4.78, 5) is 13.5. The normalized spacial score (nSPS) is 9.81. The number of carbonyl (C=O) groups is 1. The summed E-state index contributed by atoms with van der Waals surface area (Å²) in [6.07, 6.45) is 0.979. The predicted octanol–water partition coefficient (Wildman–Crippen LogP) is 2.55. The smallest absolute Gasteiger partial charge is 0.252 e. The summed E-state index contributed by atoms with van der Waals surface area (Å²) in [6.45, 7) is 2.95. The highest BCUT2D eigenvalue weighted by molar-refractivity contribution is 7.10. The first kappa shape index (κ1) is 15.3. The highest BCUT2D eigenvalue weighted by Crippen LogP contribution is 2.17. The van der Waals surface area contributed by atoms with Gasteiger partial charge in [0.1, 0.15) is 0 Å². The Morgan fingerprint density at radius 2 is 2.14 bits per heavy atom. The molecule has 108 valence electrons. The van der Waals surface area contributed by atoms with Crippen molar-refractivity contribution in [3.63, 3.8) is 0 Å². The van der Waals surface area contributed by atoms with Crippen molar-refractivity contribution in [3.8, 4) is 11.8 Å². The van der Waals surface area contributed by atoms with Crippen LogP contribution >= 0.6 is 11.3 Å². The van der Waals surface area contributed by atoms with Gasteiger partial charge in [-0.05, 0) is 35.6 Å². The van der Waals surface area contributed by atoms with Crippen LogP contribution in [0.25, 0.3) is 0 Å². The van der Waals surface area contributed by atoms with Crippen LogP contribution in [-0.2, 0) is 13.0 Å². The van der Waals surface area contributed by atoms with E-state index in [4.69, 9.17) is 5.73 Å². The fourth-order valence-corrected chi connectivity index (χ4v) is 2.95. The maximum Gasteiger partial charge on any atom is 0.252 e. The lowest BCUT2D eigenvalue weighted by Crippen LogP contribution is -2.23. The average Bonchev–Trinajstić information content (AvgIpc) is 2.98. The van der Waals surface area contributed by atoms with Crippen molar-refractivity contribution in [1.29, 1.82) is 0 Å². The Hall–Kier alpha value is -2.09. The van der Waals surface area contributed by atoms with E-state index in [1.807, 2.05) is 18.2 Å². The number of aryl methyl sites for hydroxylation is 1. The number of benzene rings is 1. The van der Waals surface area contributed by atoms with E-state index in [2.05, 4.69) is 35.5 Å². The Kier molecular flexibility index (Phi) is 5.56. The molecule has 2 rings (SSSR count). The average molecular weight is 298 g/mol. The second-order valence-electron chi connectivity index (χ2n) is 4.46. The van der Waals surface area contributed by atoms with Gasteiger partial charge in [-0.15, -0.1) is 11.3 Å². The lowest BCUT2D eigenvalue weighted by atomic mass is 10.1. The SMILES string of the molecule is CCc1ccsc1CNC(=O)c1ccccc1C#CCN. The van der Waals surface area contributed by atoms with Gasteiger partial charge in [0.25, 0.3) is 5.91 Å². The number of rotatable bonds is 4. The van der Waals surface area contributed by atoms with E-state index in [1.165, 1.54) is 10.4 Å². The van der Waals surface area contributed by atoms with E-state index in [0.717, 1.165) is 6.42 Å². The predicted molar refractivity (Wildman–Crippen MR) is 87.2 cm³/mol. The Bertz CT molecular complexity index is 679. The minimum Gasteiger partial charge on any atom is -0.347 e. The summed E-state index contributed by atoms with van der Waals surface area (Å²) in [5.41, 5.74) is 7.97. The first-order chi connectivity index (χ1) is 10.3. The Labute approximate surface area is 129 Å². The van der Waals surface area contributed by atoms with Crippen molar-refractivity contribution in [1.82, 2.24) is 5.32 Å². The Morgan fingerprint density at radius 1 is 1.33 bits per heavy atom. The molecule has 1 aromatic heterocycles. The number of carbonyl (C=O) groups excluding carboxylic acids is 1. The zero-order valence-corrected chi connectivity index (χ0v) is 12.8. The molecule has 1 heterocycles. The molecule has 3 N–H and O–H groups in total. The largest absolute Gasteiger partial charge is 0.347 e. The molecule has 0 aliphatic heterocycles. The third-order valence-corrected chi connectivity index (χ3v) is 4.09. The van der Waals surface area contributed by atoms with E-state index < -0.39 is 0 Å². The summed E-state index contributed by atoms with van der Waals surface area (Å²) in [7, 11) is 0. The van der Waals surface area contributed by atoms with Gasteiger partial charge in [-0.25, -0.2) is 0 Å². The minimum atomic E-state index is -0.104. The zero-order chi connectivity index (χ0) is 15.1. The fraction of sp³-hybridized carbons (Fsp3) is 0.235. The van der Waals surface area contributed by atoms with Gasteiger partial charge in [0.15, 0.2) is 0 Å². The van der Waals surface area contributed by atoms with Crippen LogP contribution in [0.3, 0.4) is 0 Å². The van der Waals surface area contributed by atoms with Crippen LogP contribution in [0.5, 0.6) is 0 Å². The van der Waals surface area contributed by atoms with Crippen molar-refractivity contribution in [3.05, 3.63) is 57.3 Å². The van der Waals surface area contributed by atoms with Gasteiger partial charge in [0, 0.05) is 10.4 Å². The van der Waals surface area contributed by atoms with Gasteiger partial charge in [0.2, 0.25) is 0 Å². The van der Waals surface area contributed by atoms with Gasteiger partial charge in [0.05, 0.1) is 18.7 Å². The van der Waals surface area contributed by atoms with Crippen molar-refractivity contribution in [2.24, 2.45) is 5.73 Å². The summed E-state index contributed by atoms with van der Waals surface area (Å²) in [6, 6.07) is 9.43. The van der Waals surface area contributed by atoms with Crippen LogP contribution in [0.4, 0.5) is 0 Å². The Morgan fingerprint density at radius 3 is 2.90 bits per heavy atom. The van der Waals surface area contributed by atoms with Gasteiger partial charge in [-0.1, -0.05) is 30.9 Å². The molecule has 0 fully saturated rings. The summed E-state index contributed by atoms with van der Waals surface area (Å²) >= 11 is 1.67. The third kappa shape index (κ3) is 3.94. The molecule has 0 atom stereocenters. The van der Waals surface area contributed by atoms with Crippen molar-refractivity contribution >= 4 is 17.2 Å². The highest BCUT2D eigenvalue weighted by atomic mass is 32.1. The van der Waals surface area contributed by atoms with Crippen molar-refractivity contribution in [2.45, 2.75) is 19.9 Å². The number of hydrogen-bond acceptors (Lipinski definition) is 3. The number of nitrogens with two attached hydrogens (primary N) is 1. The number of thiophene rings is 1. The van der Waals surface area contributed by atoms with Crippen LogP contribution in [0, 0.1) is 11.8 Å². The maximum absolute atomic E-state index is 12.3. The van der Waals surface area contributed by atoms with Crippen molar-refractivity contribution < 1.29 is 4.79 Å². The molecular formula is C17H18N2OS. The lowest BCUT2D eigenvalue weighted by molar-refractivity contribution is 0.0951. The van der Waals surface area contributed by atoms with Gasteiger partial charge in [-0.3, -0.25) is 4.79 Å². The monoisotopic (exact) mass is 298 g/mol. The third-order valence-electron chi connectivity index (χ3n) is 3.12. The zero-order valence-electron chi connectivity index (χ0n) is 12.0. The molecular weight excluding hydrogens is 280 g/mol. The molecule has 2 aromatic rings. The molecule has 0 unspecified atom stereocenters. The summed E-state index contributed by atoms with van der Waals surface area (Å²) in [5, 5.41) is 5.02. The van der Waals surface area contributed by atoms with Crippen LogP contribution in [0.15, 0.2) is 35.7 Å². The highest BCUT2D eigenvalue weighted by Gasteiger charge is 2.10. The van der Waals surface area contributed by atoms with Crippen molar-refractivity contribution in [2.75, 3.05) is 6.54 Å². The minimum absolute atomic E-state index is 0.104. The van der Waals surface area contributed by atoms with E-state index in [-0.39, 0.29) is 12.5 Å². The first-order valence-electron chi connectivity index (χ1n) is 6.87. The van der Waals surface area contributed by atoms with Crippen LogP contribution in [0.2, 0.25) is 0 Å². The fourth-order valence-electron chi connectivity index (χ4n) is 2.03. The van der Waals surface area contributed by atoms with Gasteiger partial charge >= 0.3 is 0 Å². The summed E-state index contributed by atoms with van der Waals surface area (Å²) in [5.74, 6) is 5.62. The Balaban J connectivity index is 2.10. The quantitative estimate of drug-likeness (QED) is 0.852. The van der Waals surface area contributed by atoms with Crippen LogP contribution < -0.4 is 11.1 Å². The molecule has 1 aromatic carbocycles. The molecule has 4 heteroatoms. The van der Waals surface area contributed by atoms with E-state index in [0.29, 0.717) is 17.7 Å².